The maximum Gasteiger partial charge on any atom is 0.305 e. The number of carboxylic acids is 1. The maximum absolute atomic E-state index is 12.5. The van der Waals surface area contributed by atoms with Crippen LogP contribution in [0, 0.1) is 13.8 Å². The number of carbonyl (C=O) groups excluding carboxylic acids is 1. The number of aliphatic carboxylic acids is 1. The average Bonchev–Trinajstić information content (AvgIpc) is 2.91. The quantitative estimate of drug-likeness (QED) is 0.799. The number of rotatable bonds is 7. The summed E-state index contributed by atoms with van der Waals surface area (Å²) < 4.78 is 15.8. The molecule has 0 radical (unpaired) electrons. The molecule has 25 heavy (non-hydrogen) atoms. The minimum atomic E-state index is -1.03. The third-order valence-electron chi connectivity index (χ3n) is 3.78. The van der Waals surface area contributed by atoms with Crippen LogP contribution in [-0.4, -0.2) is 31.2 Å². The van der Waals surface area contributed by atoms with Crippen molar-refractivity contribution < 1.29 is 28.6 Å². The van der Waals surface area contributed by atoms with Crippen molar-refractivity contribution in [1.82, 2.24) is 5.32 Å². The number of ether oxygens (including phenoxy) is 2. The monoisotopic (exact) mass is 347 g/mol. The van der Waals surface area contributed by atoms with E-state index in [-0.39, 0.29) is 6.42 Å². The minimum absolute atomic E-state index is 0.267. The molecule has 0 aliphatic rings. The van der Waals surface area contributed by atoms with Gasteiger partial charge in [0, 0.05) is 0 Å². The van der Waals surface area contributed by atoms with Crippen molar-refractivity contribution in [2.75, 3.05) is 14.2 Å². The molecule has 0 saturated heterocycles. The molecule has 2 aromatic rings. The molecule has 0 fully saturated rings. The number of furan rings is 1. The van der Waals surface area contributed by atoms with E-state index in [9.17, 15) is 14.7 Å². The predicted molar refractivity (Wildman–Crippen MR) is 90.2 cm³/mol. The summed E-state index contributed by atoms with van der Waals surface area (Å²) in [5.41, 5.74) is 0.986. The summed E-state index contributed by atoms with van der Waals surface area (Å²) in [7, 11) is 3.00. The molecular weight excluding hydrogens is 326 g/mol. The summed E-state index contributed by atoms with van der Waals surface area (Å²) in [5, 5.41) is 11.9. The lowest BCUT2D eigenvalue weighted by atomic mass is 10.0. The Balaban J connectivity index is 2.31. The van der Waals surface area contributed by atoms with Crippen molar-refractivity contribution in [3.05, 3.63) is 46.9 Å². The zero-order valence-electron chi connectivity index (χ0n) is 14.6. The van der Waals surface area contributed by atoms with Crippen molar-refractivity contribution in [3.8, 4) is 11.5 Å². The number of nitrogens with one attached hydrogen (secondary N) is 1. The van der Waals surface area contributed by atoms with Gasteiger partial charge in [0.2, 0.25) is 0 Å². The molecule has 2 N–H and O–H groups in total. The Labute approximate surface area is 145 Å². The molecular formula is C18H21NO6. The summed E-state index contributed by atoms with van der Waals surface area (Å²) >= 11 is 0. The van der Waals surface area contributed by atoms with Crippen LogP contribution in [0.1, 0.15) is 39.9 Å². The molecule has 1 unspecified atom stereocenters. The van der Waals surface area contributed by atoms with Crippen LogP contribution in [0.15, 0.2) is 28.7 Å². The van der Waals surface area contributed by atoms with E-state index in [4.69, 9.17) is 13.9 Å². The number of benzene rings is 1. The van der Waals surface area contributed by atoms with Gasteiger partial charge < -0.3 is 24.3 Å². The molecule has 2 rings (SSSR count). The largest absolute Gasteiger partial charge is 0.493 e. The molecule has 1 heterocycles. The third-order valence-corrected chi connectivity index (χ3v) is 3.78. The highest BCUT2D eigenvalue weighted by Gasteiger charge is 2.22. The lowest BCUT2D eigenvalue weighted by Crippen LogP contribution is -2.30. The lowest BCUT2D eigenvalue weighted by molar-refractivity contribution is -0.137. The normalized spacial score (nSPS) is 11.7. The average molecular weight is 347 g/mol. The molecule has 1 aromatic carbocycles. The van der Waals surface area contributed by atoms with Crippen LogP contribution in [0.2, 0.25) is 0 Å². The fraction of sp³-hybridized carbons (Fsp3) is 0.333. The first-order chi connectivity index (χ1) is 11.8. The van der Waals surface area contributed by atoms with Crippen molar-refractivity contribution in [2.24, 2.45) is 0 Å². The summed E-state index contributed by atoms with van der Waals surface area (Å²) in [4.78, 5) is 23.7. The summed E-state index contributed by atoms with van der Waals surface area (Å²) in [6, 6.07) is 5.92. The van der Waals surface area contributed by atoms with E-state index in [1.54, 1.807) is 38.1 Å². The SMILES string of the molecule is COc1ccc(C(CC(=O)O)NC(=O)c2cc(C)oc2C)cc1OC. The van der Waals surface area contributed by atoms with Gasteiger partial charge in [0.25, 0.3) is 5.91 Å². The first-order valence-electron chi connectivity index (χ1n) is 7.67. The maximum atomic E-state index is 12.5. The van der Waals surface area contributed by atoms with Crippen molar-refractivity contribution >= 4 is 11.9 Å². The fourth-order valence-corrected chi connectivity index (χ4v) is 2.59. The van der Waals surface area contributed by atoms with E-state index in [0.717, 1.165) is 0 Å². The molecule has 1 aromatic heterocycles. The number of amides is 1. The number of hydrogen-bond donors (Lipinski definition) is 2. The minimum Gasteiger partial charge on any atom is -0.493 e. The third kappa shape index (κ3) is 4.32. The fourth-order valence-electron chi connectivity index (χ4n) is 2.59. The van der Waals surface area contributed by atoms with Crippen LogP contribution in [-0.2, 0) is 4.79 Å². The molecule has 7 nitrogen and oxygen atoms in total. The molecule has 0 spiro atoms. The van der Waals surface area contributed by atoms with Crippen LogP contribution in [0.4, 0.5) is 0 Å². The van der Waals surface area contributed by atoms with Gasteiger partial charge in [-0.25, -0.2) is 0 Å². The number of hydrogen-bond acceptors (Lipinski definition) is 5. The number of methoxy groups -OCH3 is 2. The number of carbonyl (C=O) groups is 2. The Kier molecular flexibility index (Phi) is 5.69. The second-order valence-corrected chi connectivity index (χ2v) is 5.57. The van der Waals surface area contributed by atoms with Crippen LogP contribution in [0.25, 0.3) is 0 Å². The molecule has 0 bridgehead atoms. The van der Waals surface area contributed by atoms with Crippen LogP contribution >= 0.6 is 0 Å². The molecule has 0 aliphatic heterocycles. The van der Waals surface area contributed by atoms with E-state index in [0.29, 0.717) is 34.1 Å². The van der Waals surface area contributed by atoms with Gasteiger partial charge in [-0.15, -0.1) is 0 Å². The molecule has 7 heteroatoms. The van der Waals surface area contributed by atoms with Crippen molar-refractivity contribution in [3.63, 3.8) is 0 Å². The number of carboxylic acid groups (broad SMARTS) is 1. The Morgan fingerprint density at radius 2 is 1.84 bits per heavy atom. The highest BCUT2D eigenvalue weighted by molar-refractivity contribution is 5.95. The second kappa shape index (κ2) is 7.74. The van der Waals surface area contributed by atoms with Gasteiger partial charge in [-0.1, -0.05) is 6.07 Å². The van der Waals surface area contributed by atoms with E-state index in [1.807, 2.05) is 0 Å². The Hall–Kier alpha value is -2.96. The summed E-state index contributed by atoms with van der Waals surface area (Å²) in [6.45, 7) is 3.43. The Morgan fingerprint density at radius 3 is 2.36 bits per heavy atom. The zero-order valence-corrected chi connectivity index (χ0v) is 14.6. The van der Waals surface area contributed by atoms with Crippen LogP contribution < -0.4 is 14.8 Å². The standard InChI is InChI=1S/C18H21NO6/c1-10-7-13(11(2)25-10)18(22)19-14(9-17(20)21)12-5-6-15(23-3)16(8-12)24-4/h5-8,14H,9H2,1-4H3,(H,19,22)(H,20,21). The summed E-state index contributed by atoms with van der Waals surface area (Å²) in [6.07, 6.45) is -0.267. The van der Waals surface area contributed by atoms with Crippen molar-refractivity contribution in [2.45, 2.75) is 26.3 Å². The molecule has 0 saturated carbocycles. The molecule has 1 atom stereocenters. The molecule has 1 amide bonds. The van der Waals surface area contributed by atoms with Gasteiger partial charge in [-0.2, -0.15) is 0 Å². The zero-order chi connectivity index (χ0) is 18.6. The highest BCUT2D eigenvalue weighted by atomic mass is 16.5. The molecule has 134 valence electrons. The summed E-state index contributed by atoms with van der Waals surface area (Å²) in [5.74, 6) is 0.656. The van der Waals surface area contributed by atoms with Crippen LogP contribution in [0.5, 0.6) is 11.5 Å². The van der Waals surface area contributed by atoms with Gasteiger partial charge in [0.15, 0.2) is 11.5 Å². The van der Waals surface area contributed by atoms with Gasteiger partial charge in [0.1, 0.15) is 11.5 Å². The molecule has 0 aliphatic carbocycles. The van der Waals surface area contributed by atoms with Gasteiger partial charge in [-0.05, 0) is 37.6 Å². The first kappa shape index (κ1) is 18.4. The Bertz CT molecular complexity index is 780. The van der Waals surface area contributed by atoms with Gasteiger partial charge >= 0.3 is 5.97 Å². The van der Waals surface area contributed by atoms with Crippen molar-refractivity contribution in [1.29, 1.82) is 0 Å². The van der Waals surface area contributed by atoms with Gasteiger partial charge in [0.05, 0.1) is 32.2 Å². The first-order valence-corrected chi connectivity index (χ1v) is 7.67. The smallest absolute Gasteiger partial charge is 0.305 e. The van der Waals surface area contributed by atoms with E-state index >= 15 is 0 Å². The van der Waals surface area contributed by atoms with Crippen LogP contribution in [0.3, 0.4) is 0 Å². The predicted octanol–water partition coefficient (Wildman–Crippen LogP) is 2.86. The van der Waals surface area contributed by atoms with Gasteiger partial charge in [-0.3, -0.25) is 9.59 Å². The topological polar surface area (TPSA) is 98.0 Å². The number of aryl methyl sites for hydroxylation is 2. The van der Waals surface area contributed by atoms with E-state index in [2.05, 4.69) is 5.32 Å². The lowest BCUT2D eigenvalue weighted by Gasteiger charge is -2.19. The van der Waals surface area contributed by atoms with E-state index < -0.39 is 17.9 Å². The highest BCUT2D eigenvalue weighted by Crippen LogP contribution is 2.31. The van der Waals surface area contributed by atoms with E-state index in [1.165, 1.54) is 14.2 Å². The second-order valence-electron chi connectivity index (χ2n) is 5.57. The Morgan fingerprint density at radius 1 is 1.16 bits per heavy atom.